The molecule has 0 radical (unpaired) electrons. The highest BCUT2D eigenvalue weighted by Crippen LogP contribution is 2.29. The molecule has 0 saturated heterocycles. The minimum Gasteiger partial charge on any atom is -0.467 e. The molecule has 0 atom stereocenters. The zero-order chi connectivity index (χ0) is 21.8. The molecule has 1 aromatic carbocycles. The van der Waals surface area contributed by atoms with Gasteiger partial charge in [-0.25, -0.2) is 4.79 Å². The van der Waals surface area contributed by atoms with Gasteiger partial charge < -0.3 is 10.2 Å². The average Bonchev–Trinajstić information content (AvgIpc) is 3.21. The van der Waals surface area contributed by atoms with E-state index in [4.69, 9.17) is 33.4 Å². The van der Waals surface area contributed by atoms with Crippen molar-refractivity contribution in [2.75, 3.05) is 10.6 Å². The Labute approximate surface area is 181 Å². The summed E-state index contributed by atoms with van der Waals surface area (Å²) < 4.78 is 6.59. The van der Waals surface area contributed by atoms with E-state index in [0.29, 0.717) is 18.7 Å². The second-order valence-electron chi connectivity index (χ2n) is 6.57. The summed E-state index contributed by atoms with van der Waals surface area (Å²) in [5, 5.41) is 0.234. The Morgan fingerprint density at radius 3 is 2.67 bits per heavy atom. The van der Waals surface area contributed by atoms with Crippen LogP contribution in [0.3, 0.4) is 0 Å². The van der Waals surface area contributed by atoms with Gasteiger partial charge in [0.05, 0.1) is 28.4 Å². The molecular formula is C20H20Cl2N4O4. The predicted octanol–water partition coefficient (Wildman–Crippen LogP) is 3.67. The number of aromatic amines is 1. The van der Waals surface area contributed by atoms with Gasteiger partial charge in [0.2, 0.25) is 0 Å². The van der Waals surface area contributed by atoms with Crippen LogP contribution in [0.5, 0.6) is 0 Å². The van der Waals surface area contributed by atoms with Gasteiger partial charge in [-0.1, -0.05) is 42.6 Å². The molecule has 158 valence electrons. The Morgan fingerprint density at radius 1 is 1.23 bits per heavy atom. The molecule has 0 bridgehead atoms. The lowest BCUT2D eigenvalue weighted by molar-refractivity contribution is 0.0983. The van der Waals surface area contributed by atoms with Gasteiger partial charge in [-0.3, -0.25) is 24.0 Å². The van der Waals surface area contributed by atoms with Crippen molar-refractivity contribution in [2.45, 2.75) is 32.9 Å². The number of anilines is 2. The number of hydrogen-bond donors (Lipinski definition) is 2. The molecule has 0 spiro atoms. The van der Waals surface area contributed by atoms with E-state index < -0.39 is 17.2 Å². The number of aromatic nitrogens is 2. The fourth-order valence-corrected chi connectivity index (χ4v) is 3.38. The van der Waals surface area contributed by atoms with Gasteiger partial charge in [-0.05, 0) is 30.7 Å². The number of nitrogens with zero attached hydrogens (tertiary/aromatic N) is 2. The number of nitrogen functional groups attached to an aromatic ring is 1. The molecule has 10 heteroatoms. The summed E-state index contributed by atoms with van der Waals surface area (Å²) in [6, 6.07) is 7.91. The van der Waals surface area contributed by atoms with E-state index >= 15 is 0 Å². The molecule has 0 saturated carbocycles. The minimum atomic E-state index is -0.789. The quantitative estimate of drug-likeness (QED) is 0.569. The van der Waals surface area contributed by atoms with Crippen molar-refractivity contribution in [2.24, 2.45) is 0 Å². The first-order chi connectivity index (χ1) is 14.3. The Bertz CT molecular complexity index is 1170. The molecule has 0 aliphatic carbocycles. The Morgan fingerprint density at radius 2 is 2.00 bits per heavy atom. The second-order valence-corrected chi connectivity index (χ2v) is 7.36. The third kappa shape index (κ3) is 4.29. The van der Waals surface area contributed by atoms with Crippen molar-refractivity contribution in [3.8, 4) is 0 Å². The Hall–Kier alpha value is -2.97. The van der Waals surface area contributed by atoms with Crippen molar-refractivity contribution < 1.29 is 9.21 Å². The van der Waals surface area contributed by atoms with Crippen molar-refractivity contribution >= 4 is 40.6 Å². The molecule has 2 aromatic heterocycles. The number of furan rings is 1. The SMILES string of the molecule is CCCCn1c(N)c(N(Cc2ccco2)C(=O)c2cccc(Cl)c2Cl)c(=O)[nH]c1=O. The summed E-state index contributed by atoms with van der Waals surface area (Å²) in [6.45, 7) is 2.15. The van der Waals surface area contributed by atoms with Gasteiger partial charge in [0.15, 0.2) is 5.69 Å². The molecule has 0 aliphatic heterocycles. The summed E-state index contributed by atoms with van der Waals surface area (Å²) in [5.41, 5.74) is 4.69. The molecular weight excluding hydrogens is 431 g/mol. The average molecular weight is 451 g/mol. The van der Waals surface area contributed by atoms with Crippen LogP contribution in [0.1, 0.15) is 35.9 Å². The highest BCUT2D eigenvalue weighted by Gasteiger charge is 2.28. The number of rotatable bonds is 7. The van der Waals surface area contributed by atoms with Crippen LogP contribution in [0.2, 0.25) is 10.0 Å². The van der Waals surface area contributed by atoms with Gasteiger partial charge in [0.1, 0.15) is 11.6 Å². The maximum absolute atomic E-state index is 13.4. The smallest absolute Gasteiger partial charge is 0.330 e. The molecule has 0 unspecified atom stereocenters. The molecule has 3 N–H and O–H groups in total. The van der Waals surface area contributed by atoms with Crippen LogP contribution in [0, 0.1) is 0 Å². The number of H-pyrrole nitrogens is 1. The number of halogens is 2. The number of unbranched alkanes of at least 4 members (excludes halogenated alkanes) is 1. The lowest BCUT2D eigenvalue weighted by Crippen LogP contribution is -2.41. The summed E-state index contributed by atoms with van der Waals surface area (Å²) in [5.74, 6) is -0.321. The van der Waals surface area contributed by atoms with E-state index in [9.17, 15) is 14.4 Å². The third-order valence-electron chi connectivity index (χ3n) is 4.54. The van der Waals surface area contributed by atoms with Gasteiger partial charge >= 0.3 is 5.69 Å². The van der Waals surface area contributed by atoms with E-state index in [1.807, 2.05) is 6.92 Å². The Balaban J connectivity index is 2.18. The first-order valence-corrected chi connectivity index (χ1v) is 10.0. The van der Waals surface area contributed by atoms with Gasteiger partial charge in [0.25, 0.3) is 11.5 Å². The molecule has 3 aromatic rings. The monoisotopic (exact) mass is 450 g/mol. The van der Waals surface area contributed by atoms with Crippen LogP contribution in [0.15, 0.2) is 50.6 Å². The zero-order valence-electron chi connectivity index (χ0n) is 16.2. The van der Waals surface area contributed by atoms with E-state index in [2.05, 4.69) is 4.98 Å². The number of hydrogen-bond acceptors (Lipinski definition) is 5. The largest absolute Gasteiger partial charge is 0.467 e. The van der Waals surface area contributed by atoms with E-state index in [0.717, 1.165) is 11.3 Å². The molecule has 0 fully saturated rings. The van der Waals surface area contributed by atoms with Gasteiger partial charge in [-0.2, -0.15) is 0 Å². The van der Waals surface area contributed by atoms with Crippen molar-refractivity contribution in [3.63, 3.8) is 0 Å². The predicted molar refractivity (Wildman–Crippen MR) is 116 cm³/mol. The minimum absolute atomic E-state index is 0.0444. The first-order valence-electron chi connectivity index (χ1n) is 9.26. The number of carbonyl (C=O) groups excluding carboxylic acids is 1. The summed E-state index contributed by atoms with van der Waals surface area (Å²) >= 11 is 12.3. The number of nitrogens with two attached hydrogens (primary N) is 1. The van der Waals surface area contributed by atoms with Gasteiger partial charge in [0, 0.05) is 6.54 Å². The maximum Gasteiger partial charge on any atom is 0.330 e. The molecule has 8 nitrogen and oxygen atoms in total. The maximum atomic E-state index is 13.4. The van der Waals surface area contributed by atoms with E-state index in [1.54, 1.807) is 24.3 Å². The number of amides is 1. The lowest BCUT2D eigenvalue weighted by atomic mass is 10.1. The zero-order valence-corrected chi connectivity index (χ0v) is 17.7. The molecule has 30 heavy (non-hydrogen) atoms. The van der Waals surface area contributed by atoms with Crippen LogP contribution in [-0.2, 0) is 13.1 Å². The molecule has 2 heterocycles. The topological polar surface area (TPSA) is 114 Å². The number of benzene rings is 1. The summed E-state index contributed by atoms with van der Waals surface area (Å²) in [4.78, 5) is 41.8. The summed E-state index contributed by atoms with van der Waals surface area (Å²) in [6.07, 6.45) is 2.93. The second kappa shape index (κ2) is 9.23. The van der Waals surface area contributed by atoms with Crippen LogP contribution >= 0.6 is 23.2 Å². The fraction of sp³-hybridized carbons (Fsp3) is 0.250. The third-order valence-corrected chi connectivity index (χ3v) is 5.36. The van der Waals surface area contributed by atoms with E-state index in [1.165, 1.54) is 16.9 Å². The summed E-state index contributed by atoms with van der Waals surface area (Å²) in [7, 11) is 0. The standard InChI is InChI=1S/C20H20Cl2N4O4/c1-2-3-9-25-17(23)16(18(27)24-20(25)29)26(11-12-6-5-10-30-12)19(28)13-7-4-8-14(21)15(13)22/h4-8,10H,2-3,9,11,23H2,1H3,(H,24,27,29). The molecule has 1 amide bonds. The van der Waals surface area contributed by atoms with Crippen LogP contribution in [0.4, 0.5) is 11.5 Å². The van der Waals surface area contributed by atoms with Crippen molar-refractivity contribution in [1.82, 2.24) is 9.55 Å². The van der Waals surface area contributed by atoms with Crippen LogP contribution < -0.4 is 21.9 Å². The highest BCUT2D eigenvalue weighted by molar-refractivity contribution is 6.44. The van der Waals surface area contributed by atoms with Crippen LogP contribution in [0.25, 0.3) is 0 Å². The highest BCUT2D eigenvalue weighted by atomic mass is 35.5. The normalized spacial score (nSPS) is 10.9. The lowest BCUT2D eigenvalue weighted by Gasteiger charge is -2.24. The van der Waals surface area contributed by atoms with E-state index in [-0.39, 0.29) is 33.7 Å². The molecule has 0 aliphatic rings. The fourth-order valence-electron chi connectivity index (χ4n) is 3.00. The Kier molecular flexibility index (Phi) is 6.69. The van der Waals surface area contributed by atoms with Crippen molar-refractivity contribution in [3.05, 3.63) is 78.8 Å². The van der Waals surface area contributed by atoms with Gasteiger partial charge in [-0.15, -0.1) is 0 Å². The van der Waals surface area contributed by atoms with Crippen LogP contribution in [-0.4, -0.2) is 15.5 Å². The number of nitrogens with one attached hydrogen (secondary N) is 1. The number of carbonyl (C=O) groups is 1. The van der Waals surface area contributed by atoms with Crippen molar-refractivity contribution in [1.29, 1.82) is 0 Å². The molecule has 3 rings (SSSR count). The first kappa shape index (κ1) is 21.7.